The van der Waals surface area contributed by atoms with Gasteiger partial charge in [0.1, 0.15) is 6.10 Å². The van der Waals surface area contributed by atoms with Gasteiger partial charge in [0.2, 0.25) is 5.88 Å². The van der Waals surface area contributed by atoms with E-state index in [9.17, 15) is 18.0 Å². The molecule has 0 unspecified atom stereocenters. The van der Waals surface area contributed by atoms with Crippen molar-refractivity contribution in [3.63, 3.8) is 0 Å². The van der Waals surface area contributed by atoms with Crippen molar-refractivity contribution in [2.24, 2.45) is 0 Å². The number of halogens is 3. The smallest absolute Gasteiger partial charge is 0.418 e. The maximum atomic E-state index is 13.2. The minimum absolute atomic E-state index is 0.0152. The molecule has 0 aliphatic carbocycles. The number of carbonyl (C=O) groups is 1. The predicted molar refractivity (Wildman–Crippen MR) is 75.3 cm³/mol. The van der Waals surface area contributed by atoms with Crippen LogP contribution in [0.1, 0.15) is 15.9 Å². The Labute approximate surface area is 127 Å². The molecule has 2 N–H and O–H groups in total. The van der Waals surface area contributed by atoms with Crippen molar-refractivity contribution in [3.8, 4) is 5.88 Å². The summed E-state index contributed by atoms with van der Waals surface area (Å²) in [5.74, 6) is -0.593. The first kappa shape index (κ1) is 15.0. The van der Waals surface area contributed by atoms with Crippen LogP contribution in [-0.2, 0) is 6.18 Å². The zero-order valence-corrected chi connectivity index (χ0v) is 12.3. The average molecular weight is 331 g/mol. The number of ether oxygens (including phenoxy) is 1. The summed E-state index contributed by atoms with van der Waals surface area (Å²) in [6, 6.07) is 0.894. The monoisotopic (exact) mass is 331 g/mol. The fourth-order valence-electron chi connectivity index (χ4n) is 2.07. The molecule has 1 aliphatic rings. The van der Waals surface area contributed by atoms with Crippen LogP contribution in [0.25, 0.3) is 10.2 Å². The lowest BCUT2D eigenvalue weighted by atomic mass is 10.2. The van der Waals surface area contributed by atoms with Gasteiger partial charge in [0.15, 0.2) is 0 Å². The summed E-state index contributed by atoms with van der Waals surface area (Å²) >= 11 is 0.847. The van der Waals surface area contributed by atoms with Crippen LogP contribution in [0.4, 0.5) is 13.2 Å². The summed E-state index contributed by atoms with van der Waals surface area (Å²) in [6.45, 7) is 1.13. The summed E-state index contributed by atoms with van der Waals surface area (Å²) in [6.07, 6.45) is -4.74. The van der Waals surface area contributed by atoms with Crippen LogP contribution in [0.5, 0.6) is 5.88 Å². The second-order valence-corrected chi connectivity index (χ2v) is 5.69. The topological polar surface area (TPSA) is 63.2 Å². The minimum atomic E-state index is -4.54. The molecular weight excluding hydrogens is 319 g/mol. The highest BCUT2D eigenvalue weighted by molar-refractivity contribution is 7.17. The number of nitrogens with zero attached hydrogens (tertiary/aromatic N) is 1. The molecule has 2 aromatic heterocycles. The summed E-state index contributed by atoms with van der Waals surface area (Å²) in [7, 11) is 1.41. The van der Waals surface area contributed by atoms with Gasteiger partial charge in [-0.3, -0.25) is 4.79 Å². The Bertz CT molecular complexity index is 725. The van der Waals surface area contributed by atoms with Gasteiger partial charge in [-0.15, -0.1) is 11.3 Å². The van der Waals surface area contributed by atoms with Gasteiger partial charge in [-0.25, -0.2) is 4.98 Å². The Balaban J connectivity index is 2.14. The van der Waals surface area contributed by atoms with Crippen LogP contribution >= 0.6 is 11.3 Å². The molecule has 1 fully saturated rings. The second kappa shape index (κ2) is 5.40. The van der Waals surface area contributed by atoms with E-state index < -0.39 is 17.6 Å². The van der Waals surface area contributed by atoms with Crippen molar-refractivity contribution >= 4 is 27.5 Å². The highest BCUT2D eigenvalue weighted by Crippen LogP contribution is 2.40. The Morgan fingerprint density at radius 2 is 2.23 bits per heavy atom. The van der Waals surface area contributed by atoms with E-state index in [1.807, 2.05) is 0 Å². The zero-order valence-electron chi connectivity index (χ0n) is 11.5. The summed E-state index contributed by atoms with van der Waals surface area (Å²) in [5, 5.41) is 6.73. The van der Waals surface area contributed by atoms with Gasteiger partial charge in [0.05, 0.1) is 21.3 Å². The third-order valence-electron chi connectivity index (χ3n) is 3.31. The number of thiophene rings is 1. The van der Waals surface area contributed by atoms with Crippen molar-refractivity contribution in [2.75, 3.05) is 20.1 Å². The molecule has 1 amide bonds. The van der Waals surface area contributed by atoms with Gasteiger partial charge >= 0.3 is 6.18 Å². The molecule has 9 heteroatoms. The Hall–Kier alpha value is -1.87. The van der Waals surface area contributed by atoms with Crippen LogP contribution in [-0.4, -0.2) is 37.1 Å². The normalized spacial score (nSPS) is 15.6. The maximum absolute atomic E-state index is 13.2. The minimum Gasteiger partial charge on any atom is -0.472 e. The molecule has 118 valence electrons. The quantitative estimate of drug-likeness (QED) is 0.903. The zero-order chi connectivity index (χ0) is 15.9. The van der Waals surface area contributed by atoms with E-state index >= 15 is 0 Å². The molecule has 3 rings (SSSR count). The molecule has 0 atom stereocenters. The fraction of sp³-hybridized carbons (Fsp3) is 0.385. The van der Waals surface area contributed by atoms with Crippen molar-refractivity contribution < 1.29 is 22.7 Å². The van der Waals surface area contributed by atoms with Crippen LogP contribution < -0.4 is 15.4 Å². The van der Waals surface area contributed by atoms with Gasteiger partial charge < -0.3 is 15.4 Å². The molecular formula is C13H12F3N3O2S. The first-order valence-corrected chi connectivity index (χ1v) is 7.37. The Morgan fingerprint density at radius 3 is 2.77 bits per heavy atom. The molecule has 1 saturated heterocycles. The van der Waals surface area contributed by atoms with E-state index in [1.54, 1.807) is 0 Å². The Kier molecular flexibility index (Phi) is 3.69. The number of hydrogen-bond donors (Lipinski definition) is 2. The maximum Gasteiger partial charge on any atom is 0.418 e. The lowest BCUT2D eigenvalue weighted by molar-refractivity contribution is -0.136. The third-order valence-corrected chi connectivity index (χ3v) is 4.31. The van der Waals surface area contributed by atoms with Crippen molar-refractivity contribution in [1.29, 1.82) is 0 Å². The largest absolute Gasteiger partial charge is 0.472 e. The third kappa shape index (κ3) is 2.61. The highest BCUT2D eigenvalue weighted by Gasteiger charge is 2.36. The highest BCUT2D eigenvalue weighted by atomic mass is 32.1. The van der Waals surface area contributed by atoms with E-state index in [-0.39, 0.29) is 27.8 Å². The molecule has 1 aliphatic heterocycles. The van der Waals surface area contributed by atoms with Gasteiger partial charge in [0.25, 0.3) is 5.91 Å². The average Bonchev–Trinajstić information content (AvgIpc) is 2.83. The molecule has 0 bridgehead atoms. The Morgan fingerprint density at radius 1 is 1.50 bits per heavy atom. The van der Waals surface area contributed by atoms with Crippen molar-refractivity contribution in [1.82, 2.24) is 15.6 Å². The van der Waals surface area contributed by atoms with E-state index in [1.165, 1.54) is 12.4 Å². The van der Waals surface area contributed by atoms with E-state index in [2.05, 4.69) is 15.6 Å². The van der Waals surface area contributed by atoms with Gasteiger partial charge in [-0.2, -0.15) is 13.2 Å². The second-order valence-electron chi connectivity index (χ2n) is 4.81. The summed E-state index contributed by atoms with van der Waals surface area (Å²) in [5.41, 5.74) is -0.702. The van der Waals surface area contributed by atoms with E-state index in [4.69, 9.17) is 4.74 Å². The van der Waals surface area contributed by atoms with E-state index in [0.717, 1.165) is 17.4 Å². The van der Waals surface area contributed by atoms with Crippen LogP contribution in [0.2, 0.25) is 0 Å². The SMILES string of the molecule is CNC(=O)c1csc2c(C(F)(F)F)cc(OC3CNC3)nc12. The first-order chi connectivity index (χ1) is 10.4. The lowest BCUT2D eigenvalue weighted by Crippen LogP contribution is -2.50. The molecule has 0 radical (unpaired) electrons. The van der Waals surface area contributed by atoms with Gasteiger partial charge in [0, 0.05) is 31.6 Å². The number of alkyl halides is 3. The van der Waals surface area contributed by atoms with Crippen molar-refractivity contribution in [2.45, 2.75) is 12.3 Å². The van der Waals surface area contributed by atoms with Crippen LogP contribution in [0.15, 0.2) is 11.4 Å². The van der Waals surface area contributed by atoms with Crippen LogP contribution in [0, 0.1) is 0 Å². The lowest BCUT2D eigenvalue weighted by Gasteiger charge is -2.27. The molecule has 0 spiro atoms. The number of hydrogen-bond acceptors (Lipinski definition) is 5. The number of rotatable bonds is 3. The molecule has 3 heterocycles. The van der Waals surface area contributed by atoms with Gasteiger partial charge in [-0.1, -0.05) is 0 Å². The predicted octanol–water partition coefficient (Wildman–Crippen LogP) is 2.03. The first-order valence-electron chi connectivity index (χ1n) is 6.49. The number of pyridine rings is 1. The number of nitrogens with one attached hydrogen (secondary N) is 2. The van der Waals surface area contributed by atoms with Crippen LogP contribution in [0.3, 0.4) is 0 Å². The molecule has 0 saturated carbocycles. The summed E-state index contributed by atoms with van der Waals surface area (Å²) < 4.78 is 45.1. The number of fused-ring (bicyclic) bond motifs is 1. The molecule has 22 heavy (non-hydrogen) atoms. The molecule has 5 nitrogen and oxygen atoms in total. The number of carbonyl (C=O) groups excluding carboxylic acids is 1. The molecule has 0 aromatic carbocycles. The molecule has 2 aromatic rings. The number of aromatic nitrogens is 1. The number of amides is 1. The van der Waals surface area contributed by atoms with E-state index in [0.29, 0.717) is 13.1 Å². The van der Waals surface area contributed by atoms with Crippen molar-refractivity contribution in [3.05, 3.63) is 22.6 Å². The standard InChI is InChI=1S/C13H12F3N3O2S/c1-17-12(20)7-5-22-11-8(13(14,15)16)2-9(19-10(7)11)21-6-3-18-4-6/h2,5-6,18H,3-4H2,1H3,(H,17,20). The summed E-state index contributed by atoms with van der Waals surface area (Å²) in [4.78, 5) is 15.9. The van der Waals surface area contributed by atoms with Gasteiger partial charge in [-0.05, 0) is 0 Å². The fourth-order valence-corrected chi connectivity index (χ4v) is 3.09.